The Balaban J connectivity index is 2.31. The molecule has 1 aliphatic heterocycles. The topological polar surface area (TPSA) is 59.9 Å². The molecule has 0 fully saturated rings. The molecular formula is C15H14N2O3. The lowest BCUT2D eigenvalue weighted by Crippen LogP contribution is -2.12. The van der Waals surface area contributed by atoms with Crippen LogP contribution in [0.15, 0.2) is 28.9 Å². The maximum atomic E-state index is 11.6. The summed E-state index contributed by atoms with van der Waals surface area (Å²) in [6, 6.07) is 5.35. The van der Waals surface area contributed by atoms with E-state index in [1.165, 1.54) is 0 Å². The van der Waals surface area contributed by atoms with Gasteiger partial charge in [-0.1, -0.05) is 12.0 Å². The van der Waals surface area contributed by atoms with E-state index in [-0.39, 0.29) is 12.5 Å². The fraction of sp³-hybridized carbons (Fsp3) is 0.200. The van der Waals surface area contributed by atoms with Gasteiger partial charge in [-0.15, -0.1) is 6.42 Å². The molecule has 2 rings (SSSR count). The van der Waals surface area contributed by atoms with Crippen molar-refractivity contribution in [2.24, 2.45) is 5.10 Å². The van der Waals surface area contributed by atoms with Gasteiger partial charge in [-0.3, -0.25) is 4.79 Å². The van der Waals surface area contributed by atoms with Crippen molar-refractivity contribution in [2.75, 3.05) is 13.7 Å². The Kier molecular flexibility index (Phi) is 4.06. The lowest BCUT2D eigenvalue weighted by Gasteiger charge is -2.09. The quantitative estimate of drug-likeness (QED) is 0.667. The van der Waals surface area contributed by atoms with Crippen molar-refractivity contribution in [1.82, 2.24) is 5.43 Å². The van der Waals surface area contributed by atoms with Gasteiger partial charge in [-0.25, -0.2) is 5.43 Å². The minimum Gasteiger partial charge on any atom is -0.493 e. The molecule has 0 saturated heterocycles. The van der Waals surface area contributed by atoms with Gasteiger partial charge in [-0.2, -0.15) is 5.10 Å². The summed E-state index contributed by atoms with van der Waals surface area (Å²) < 4.78 is 10.6. The molecule has 0 atom stereocenters. The maximum Gasteiger partial charge on any atom is 0.273 e. The zero-order valence-corrected chi connectivity index (χ0v) is 11.3. The molecule has 1 aromatic rings. The highest BCUT2D eigenvalue weighted by Gasteiger charge is 2.18. The van der Waals surface area contributed by atoms with Gasteiger partial charge in [0.2, 0.25) is 0 Å². The number of amides is 1. The molecule has 0 unspecified atom stereocenters. The van der Waals surface area contributed by atoms with Crippen molar-refractivity contribution in [3.63, 3.8) is 0 Å². The number of hydrogen-bond donors (Lipinski definition) is 1. The summed E-state index contributed by atoms with van der Waals surface area (Å²) in [6.45, 7) is 1.94. The number of nitrogens with one attached hydrogen (secondary N) is 1. The maximum absolute atomic E-state index is 11.6. The fourth-order valence-corrected chi connectivity index (χ4v) is 1.77. The fourth-order valence-electron chi connectivity index (χ4n) is 1.77. The number of carbonyl (C=O) groups is 1. The SMILES string of the molecule is C#CCOc1ccc(/C=C2\C(=O)NN=C2C)cc1OC. The van der Waals surface area contributed by atoms with Crippen LogP contribution >= 0.6 is 0 Å². The highest BCUT2D eigenvalue weighted by Crippen LogP contribution is 2.29. The van der Waals surface area contributed by atoms with Gasteiger partial charge >= 0.3 is 0 Å². The second-order valence-corrected chi connectivity index (χ2v) is 4.10. The molecule has 1 aliphatic rings. The van der Waals surface area contributed by atoms with Gasteiger partial charge in [0.15, 0.2) is 11.5 Å². The van der Waals surface area contributed by atoms with Crippen LogP contribution in [0.25, 0.3) is 6.08 Å². The van der Waals surface area contributed by atoms with Crippen molar-refractivity contribution in [2.45, 2.75) is 6.92 Å². The van der Waals surface area contributed by atoms with Gasteiger partial charge in [0.05, 0.1) is 18.4 Å². The lowest BCUT2D eigenvalue weighted by molar-refractivity contribution is -0.116. The van der Waals surface area contributed by atoms with Crippen molar-refractivity contribution < 1.29 is 14.3 Å². The van der Waals surface area contributed by atoms with Gasteiger partial charge < -0.3 is 9.47 Å². The summed E-state index contributed by atoms with van der Waals surface area (Å²) in [5, 5.41) is 3.87. The van der Waals surface area contributed by atoms with Gasteiger partial charge in [-0.05, 0) is 30.7 Å². The third-order valence-corrected chi connectivity index (χ3v) is 2.77. The Hall–Kier alpha value is -2.74. The lowest BCUT2D eigenvalue weighted by atomic mass is 10.1. The van der Waals surface area contributed by atoms with Crippen LogP contribution < -0.4 is 14.9 Å². The highest BCUT2D eigenvalue weighted by molar-refractivity contribution is 6.26. The van der Waals surface area contributed by atoms with E-state index in [0.29, 0.717) is 22.8 Å². The first kappa shape index (κ1) is 13.7. The molecular weight excluding hydrogens is 256 g/mol. The summed E-state index contributed by atoms with van der Waals surface area (Å²) in [4.78, 5) is 11.6. The van der Waals surface area contributed by atoms with Crippen LogP contribution in [0, 0.1) is 12.3 Å². The van der Waals surface area contributed by atoms with Gasteiger partial charge in [0.1, 0.15) is 6.61 Å². The molecule has 0 aromatic heterocycles. The van der Waals surface area contributed by atoms with E-state index in [4.69, 9.17) is 15.9 Å². The molecule has 1 aromatic carbocycles. The summed E-state index contributed by atoms with van der Waals surface area (Å²) in [5.74, 6) is 3.30. The van der Waals surface area contributed by atoms with E-state index in [2.05, 4.69) is 16.4 Å². The molecule has 5 heteroatoms. The van der Waals surface area contributed by atoms with E-state index >= 15 is 0 Å². The highest BCUT2D eigenvalue weighted by atomic mass is 16.5. The van der Waals surface area contributed by atoms with E-state index in [0.717, 1.165) is 5.56 Å². The number of hydrazone groups is 1. The first-order chi connectivity index (χ1) is 9.65. The monoisotopic (exact) mass is 270 g/mol. The number of ether oxygens (including phenoxy) is 2. The number of hydrogen-bond acceptors (Lipinski definition) is 4. The summed E-state index contributed by atoms with van der Waals surface area (Å²) in [6.07, 6.45) is 6.90. The molecule has 0 aliphatic carbocycles. The molecule has 0 spiro atoms. The second-order valence-electron chi connectivity index (χ2n) is 4.10. The first-order valence-electron chi connectivity index (χ1n) is 5.96. The molecule has 0 bridgehead atoms. The molecule has 20 heavy (non-hydrogen) atoms. The average Bonchev–Trinajstić information content (AvgIpc) is 2.77. The van der Waals surface area contributed by atoms with Crippen LogP contribution in [-0.2, 0) is 4.79 Å². The minimum absolute atomic E-state index is 0.172. The molecule has 1 N–H and O–H groups in total. The van der Waals surface area contributed by atoms with E-state index in [9.17, 15) is 4.79 Å². The molecule has 1 heterocycles. The average molecular weight is 270 g/mol. The van der Waals surface area contributed by atoms with E-state index in [1.807, 2.05) is 6.07 Å². The summed E-state index contributed by atoms with van der Waals surface area (Å²) >= 11 is 0. The molecule has 1 amide bonds. The van der Waals surface area contributed by atoms with Gasteiger partial charge in [0, 0.05) is 0 Å². The Morgan fingerprint density at radius 1 is 1.45 bits per heavy atom. The van der Waals surface area contributed by atoms with Crippen molar-refractivity contribution in [1.29, 1.82) is 0 Å². The molecule has 5 nitrogen and oxygen atoms in total. The van der Waals surface area contributed by atoms with Crippen LogP contribution in [0.3, 0.4) is 0 Å². The Morgan fingerprint density at radius 3 is 2.85 bits per heavy atom. The first-order valence-corrected chi connectivity index (χ1v) is 5.96. The van der Waals surface area contributed by atoms with Crippen LogP contribution in [0.1, 0.15) is 12.5 Å². The third-order valence-electron chi connectivity index (χ3n) is 2.77. The smallest absolute Gasteiger partial charge is 0.273 e. The minimum atomic E-state index is -0.214. The zero-order chi connectivity index (χ0) is 14.5. The Labute approximate surface area is 117 Å². The molecule has 0 saturated carbocycles. The predicted octanol–water partition coefficient (Wildman–Crippen LogP) is 1.60. The van der Waals surface area contributed by atoms with Crippen molar-refractivity contribution in [3.8, 4) is 23.8 Å². The van der Waals surface area contributed by atoms with Crippen LogP contribution in [0.4, 0.5) is 0 Å². The number of benzene rings is 1. The number of rotatable bonds is 4. The number of nitrogens with zero attached hydrogens (tertiary/aromatic N) is 1. The van der Waals surface area contributed by atoms with Crippen molar-refractivity contribution in [3.05, 3.63) is 29.3 Å². The number of carbonyl (C=O) groups excluding carboxylic acids is 1. The standard InChI is InChI=1S/C15H14N2O3/c1-4-7-20-13-6-5-11(9-14(13)19-3)8-12-10(2)16-17-15(12)18/h1,5-6,8-9H,7H2,2-3H3,(H,17,18)/b12-8-. The molecule has 102 valence electrons. The summed E-state index contributed by atoms with van der Waals surface area (Å²) in [7, 11) is 1.55. The predicted molar refractivity (Wildman–Crippen MR) is 76.6 cm³/mol. The van der Waals surface area contributed by atoms with Crippen LogP contribution in [0.5, 0.6) is 11.5 Å². The Morgan fingerprint density at radius 2 is 2.25 bits per heavy atom. The number of terminal acetylenes is 1. The molecule has 0 radical (unpaired) electrons. The zero-order valence-electron chi connectivity index (χ0n) is 11.3. The van der Waals surface area contributed by atoms with Crippen LogP contribution in [0.2, 0.25) is 0 Å². The van der Waals surface area contributed by atoms with Crippen LogP contribution in [-0.4, -0.2) is 25.3 Å². The normalized spacial score (nSPS) is 15.6. The largest absolute Gasteiger partial charge is 0.493 e. The number of methoxy groups -OCH3 is 1. The second kappa shape index (κ2) is 5.93. The van der Waals surface area contributed by atoms with Crippen molar-refractivity contribution >= 4 is 17.7 Å². The van der Waals surface area contributed by atoms with E-state index < -0.39 is 0 Å². The van der Waals surface area contributed by atoms with E-state index in [1.54, 1.807) is 32.2 Å². The van der Waals surface area contributed by atoms with Gasteiger partial charge in [0.25, 0.3) is 5.91 Å². The summed E-state index contributed by atoms with van der Waals surface area (Å²) in [5.41, 5.74) is 4.41. The third kappa shape index (κ3) is 2.81. The Bertz CT molecular complexity index is 639.